The second-order valence-electron chi connectivity index (χ2n) is 3.89. The third-order valence-electron chi connectivity index (χ3n) is 2.48. The van der Waals surface area contributed by atoms with E-state index in [1.54, 1.807) is 42.6 Å². The van der Waals surface area contributed by atoms with E-state index in [0.717, 1.165) is 0 Å². The molecule has 2 rings (SSSR count). The molecular weight excluding hydrogens is 270 g/mol. The van der Waals surface area contributed by atoms with E-state index >= 15 is 0 Å². The van der Waals surface area contributed by atoms with E-state index in [0.29, 0.717) is 5.75 Å². The van der Waals surface area contributed by atoms with Crippen LogP contribution >= 0.6 is 0 Å². The van der Waals surface area contributed by atoms with Gasteiger partial charge in [0.2, 0.25) is 0 Å². The van der Waals surface area contributed by atoms with Crippen molar-refractivity contribution in [3.05, 3.63) is 60.2 Å². The lowest BCUT2D eigenvalue weighted by Crippen LogP contribution is -2.24. The fraction of sp³-hybridized carbons (Fsp3) is 0. The number of hydrogen-bond acceptors (Lipinski definition) is 4. The van der Waals surface area contributed by atoms with Crippen LogP contribution in [0.2, 0.25) is 0 Å². The van der Waals surface area contributed by atoms with Gasteiger partial charge in [-0.1, -0.05) is 30.3 Å². The second kappa shape index (κ2) is 6.73. The molecule has 0 amide bonds. The number of ether oxygens (including phenoxy) is 1. The van der Waals surface area contributed by atoms with E-state index in [1.165, 1.54) is 12.1 Å². The average molecular weight is 281 g/mol. The molecule has 0 bridgehead atoms. The van der Waals surface area contributed by atoms with Crippen LogP contribution in [0.15, 0.2) is 59.6 Å². The van der Waals surface area contributed by atoms with Crippen molar-refractivity contribution < 1.29 is 14.6 Å². The molecule has 0 unspecified atom stereocenters. The lowest BCUT2D eigenvalue weighted by molar-refractivity contribution is 0.0698. The molecule has 6 heteroatoms. The molecule has 0 aliphatic rings. The molecule has 0 saturated heterocycles. The first-order chi connectivity index (χ1) is 10.2. The number of nitriles is 1. The molecule has 2 N–H and O–H groups in total. The van der Waals surface area contributed by atoms with E-state index in [2.05, 4.69) is 10.3 Å². The minimum Gasteiger partial charge on any atom is -0.478 e. The Hall–Kier alpha value is -3.33. The van der Waals surface area contributed by atoms with Crippen LogP contribution < -0.4 is 10.1 Å². The summed E-state index contributed by atoms with van der Waals surface area (Å²) in [6.07, 6.45) is 1.70. The number of rotatable bonds is 3. The Balaban J connectivity index is 2.34. The Morgan fingerprint density at radius 2 is 1.81 bits per heavy atom. The van der Waals surface area contributed by atoms with Crippen LogP contribution in [0.5, 0.6) is 5.75 Å². The fourth-order valence-electron chi connectivity index (χ4n) is 1.59. The minimum atomic E-state index is -1.11. The zero-order valence-corrected chi connectivity index (χ0v) is 10.9. The predicted molar refractivity (Wildman–Crippen MR) is 76.3 cm³/mol. The van der Waals surface area contributed by atoms with Gasteiger partial charge in [-0.15, -0.1) is 0 Å². The molecule has 0 saturated carbocycles. The summed E-state index contributed by atoms with van der Waals surface area (Å²) in [5.41, 5.74) is 0.213. The van der Waals surface area contributed by atoms with Crippen LogP contribution in [-0.4, -0.2) is 17.1 Å². The molecule has 104 valence electrons. The van der Waals surface area contributed by atoms with Gasteiger partial charge < -0.3 is 9.84 Å². The highest BCUT2D eigenvalue weighted by atomic mass is 16.5. The van der Waals surface area contributed by atoms with Gasteiger partial charge in [0.25, 0.3) is 0 Å². The Morgan fingerprint density at radius 3 is 2.48 bits per heavy atom. The van der Waals surface area contributed by atoms with Crippen molar-refractivity contribution in [3.63, 3.8) is 0 Å². The topological polar surface area (TPSA) is 94.7 Å². The first-order valence-electron chi connectivity index (χ1n) is 5.99. The van der Waals surface area contributed by atoms with Crippen LogP contribution in [0.1, 0.15) is 10.4 Å². The summed E-state index contributed by atoms with van der Waals surface area (Å²) in [5.74, 6) is -0.628. The smallest absolute Gasteiger partial charge is 0.337 e. The number of carboxylic acid groups (broad SMARTS) is 1. The lowest BCUT2D eigenvalue weighted by Gasteiger charge is -2.07. The largest absolute Gasteiger partial charge is 0.478 e. The molecule has 0 aliphatic carbocycles. The molecular formula is C15H11N3O3. The van der Waals surface area contributed by atoms with Gasteiger partial charge >= 0.3 is 12.0 Å². The number of para-hydroxylation sites is 2. The Kier molecular flexibility index (Phi) is 4.51. The molecule has 2 aromatic rings. The third kappa shape index (κ3) is 3.81. The van der Waals surface area contributed by atoms with Crippen LogP contribution in [0.25, 0.3) is 0 Å². The first kappa shape index (κ1) is 14.1. The highest BCUT2D eigenvalue weighted by molar-refractivity contribution is 5.95. The number of benzene rings is 2. The van der Waals surface area contributed by atoms with Gasteiger partial charge in [-0.3, -0.25) is 0 Å². The van der Waals surface area contributed by atoms with Crippen molar-refractivity contribution in [2.75, 3.05) is 0 Å². The summed E-state index contributed by atoms with van der Waals surface area (Å²) in [7, 11) is 0. The highest BCUT2D eigenvalue weighted by Crippen LogP contribution is 2.19. The van der Waals surface area contributed by atoms with E-state index in [-0.39, 0.29) is 17.3 Å². The normalized spacial score (nSPS) is 10.5. The number of carbonyl (C=O) groups is 1. The van der Waals surface area contributed by atoms with Gasteiger partial charge in [-0.05, 0) is 24.3 Å². The number of amidine groups is 1. The van der Waals surface area contributed by atoms with Crippen LogP contribution in [0, 0.1) is 11.5 Å². The van der Waals surface area contributed by atoms with Crippen molar-refractivity contribution in [2.24, 2.45) is 4.99 Å². The Morgan fingerprint density at radius 1 is 1.14 bits per heavy atom. The summed E-state index contributed by atoms with van der Waals surface area (Å²) < 4.78 is 5.42. The molecule has 0 atom stereocenters. The number of aromatic carboxylic acids is 1. The highest BCUT2D eigenvalue weighted by Gasteiger charge is 2.10. The predicted octanol–water partition coefficient (Wildman–Crippen LogP) is 2.52. The zero-order valence-electron chi connectivity index (χ0n) is 10.9. The average Bonchev–Trinajstić information content (AvgIpc) is 2.49. The van der Waals surface area contributed by atoms with Crippen molar-refractivity contribution >= 4 is 17.7 Å². The molecule has 0 aromatic heterocycles. The van der Waals surface area contributed by atoms with Crippen molar-refractivity contribution in [1.29, 1.82) is 5.26 Å². The molecule has 0 spiro atoms. The van der Waals surface area contributed by atoms with Crippen molar-refractivity contribution in [3.8, 4) is 11.9 Å². The molecule has 0 radical (unpaired) electrons. The quantitative estimate of drug-likeness (QED) is 0.390. The molecule has 0 aliphatic heterocycles. The van der Waals surface area contributed by atoms with E-state index < -0.39 is 5.97 Å². The molecule has 6 nitrogen and oxygen atoms in total. The van der Waals surface area contributed by atoms with Crippen molar-refractivity contribution in [1.82, 2.24) is 5.32 Å². The molecule has 21 heavy (non-hydrogen) atoms. The number of aliphatic imine (C=N–C) groups is 1. The monoisotopic (exact) mass is 281 g/mol. The lowest BCUT2D eigenvalue weighted by atomic mass is 10.2. The summed E-state index contributed by atoms with van der Waals surface area (Å²) in [5, 5.41) is 20.1. The fourth-order valence-corrected chi connectivity index (χ4v) is 1.59. The van der Waals surface area contributed by atoms with Gasteiger partial charge in [0, 0.05) is 0 Å². The van der Waals surface area contributed by atoms with Gasteiger partial charge in [0.05, 0.1) is 11.3 Å². The summed E-state index contributed by atoms with van der Waals surface area (Å²) in [4.78, 5) is 15.2. The summed E-state index contributed by atoms with van der Waals surface area (Å²) in [6.45, 7) is 0. The van der Waals surface area contributed by atoms with Gasteiger partial charge in [0.1, 0.15) is 5.75 Å². The first-order valence-corrected chi connectivity index (χ1v) is 5.99. The molecule has 0 heterocycles. The van der Waals surface area contributed by atoms with Crippen LogP contribution in [0.4, 0.5) is 5.69 Å². The maximum Gasteiger partial charge on any atom is 0.337 e. The van der Waals surface area contributed by atoms with Crippen LogP contribution in [0.3, 0.4) is 0 Å². The van der Waals surface area contributed by atoms with Gasteiger partial charge in [-0.25, -0.2) is 10.1 Å². The number of carboxylic acids is 1. The van der Waals surface area contributed by atoms with E-state index in [9.17, 15) is 4.79 Å². The minimum absolute atomic E-state index is 0.0198. The number of nitrogens with one attached hydrogen (secondary N) is 1. The third-order valence-corrected chi connectivity index (χ3v) is 2.48. The Bertz CT molecular complexity index is 706. The Labute approximate surface area is 120 Å². The van der Waals surface area contributed by atoms with E-state index in [1.807, 2.05) is 6.07 Å². The second-order valence-corrected chi connectivity index (χ2v) is 3.89. The van der Waals surface area contributed by atoms with Crippen molar-refractivity contribution in [2.45, 2.75) is 0 Å². The maximum atomic E-state index is 11.1. The number of hydrogen-bond donors (Lipinski definition) is 2. The summed E-state index contributed by atoms with van der Waals surface area (Å²) >= 11 is 0. The number of nitrogens with zero attached hydrogens (tertiary/aromatic N) is 2. The zero-order chi connectivity index (χ0) is 15.1. The van der Waals surface area contributed by atoms with Crippen LogP contribution in [-0.2, 0) is 0 Å². The standard InChI is InChI=1S/C15H11N3O3/c16-10-17-15(21-11-6-2-1-3-7-11)18-13-9-5-4-8-12(13)14(19)20/h1-9H,(H,17,18)(H,19,20). The van der Waals surface area contributed by atoms with E-state index in [4.69, 9.17) is 15.1 Å². The molecule has 0 fully saturated rings. The maximum absolute atomic E-state index is 11.1. The van der Waals surface area contributed by atoms with Gasteiger partial charge in [0.15, 0.2) is 6.19 Å². The SMILES string of the molecule is N#CN/C(=N\c1ccccc1C(=O)O)Oc1ccccc1. The molecule has 2 aromatic carbocycles. The van der Waals surface area contributed by atoms with Gasteiger partial charge in [-0.2, -0.15) is 10.3 Å². The summed E-state index contributed by atoms with van der Waals surface area (Å²) in [6, 6.07) is 14.8.